The molecule has 0 saturated carbocycles. The summed E-state index contributed by atoms with van der Waals surface area (Å²) in [5, 5.41) is 5.38. The number of nitrogen functional groups attached to an aromatic ring is 1. The van der Waals surface area contributed by atoms with E-state index in [0.29, 0.717) is 0 Å². The van der Waals surface area contributed by atoms with Gasteiger partial charge in [-0.25, -0.2) is 17.6 Å². The Morgan fingerprint density at radius 2 is 1.80 bits per heavy atom. The molecule has 2 aromatic rings. The molecule has 0 spiro atoms. The maximum absolute atomic E-state index is 13.4. The largest absolute Gasteiger partial charge is 0.383 e. The molecule has 0 bridgehead atoms. The molecule has 20 heavy (non-hydrogen) atoms. The SMILES string of the molecule is Cn1ncc(C(=O)Nc2c(F)c(F)cc(F)c2F)c1N. The topological polar surface area (TPSA) is 72.9 Å². The Morgan fingerprint density at radius 1 is 1.25 bits per heavy atom. The van der Waals surface area contributed by atoms with Crippen LogP contribution >= 0.6 is 0 Å². The third kappa shape index (κ3) is 2.17. The highest BCUT2D eigenvalue weighted by Crippen LogP contribution is 2.25. The number of hydrogen-bond acceptors (Lipinski definition) is 3. The Kier molecular flexibility index (Phi) is 3.35. The summed E-state index contributed by atoms with van der Waals surface area (Å²) in [6.45, 7) is 0. The molecule has 0 saturated heterocycles. The quantitative estimate of drug-likeness (QED) is 0.654. The van der Waals surface area contributed by atoms with Crippen molar-refractivity contribution in [1.29, 1.82) is 0 Å². The number of benzene rings is 1. The zero-order chi connectivity index (χ0) is 15.0. The van der Waals surface area contributed by atoms with Gasteiger partial charge in [0.2, 0.25) is 0 Å². The molecule has 5 nitrogen and oxygen atoms in total. The van der Waals surface area contributed by atoms with E-state index in [1.54, 1.807) is 5.32 Å². The summed E-state index contributed by atoms with van der Waals surface area (Å²) in [7, 11) is 1.44. The van der Waals surface area contributed by atoms with Crippen LogP contribution in [0.2, 0.25) is 0 Å². The van der Waals surface area contributed by atoms with Crippen molar-refractivity contribution in [2.75, 3.05) is 11.1 Å². The van der Waals surface area contributed by atoms with Gasteiger partial charge in [-0.3, -0.25) is 9.48 Å². The Balaban J connectivity index is 2.40. The lowest BCUT2D eigenvalue weighted by atomic mass is 10.2. The van der Waals surface area contributed by atoms with E-state index < -0.39 is 34.9 Å². The number of nitrogens with two attached hydrogens (primary N) is 1. The van der Waals surface area contributed by atoms with Crippen molar-refractivity contribution >= 4 is 17.4 Å². The minimum absolute atomic E-state index is 0.0404. The molecule has 1 aromatic heterocycles. The normalized spacial score (nSPS) is 10.7. The second kappa shape index (κ2) is 4.83. The predicted molar refractivity (Wildman–Crippen MR) is 61.8 cm³/mol. The molecule has 0 unspecified atom stereocenters. The van der Waals surface area contributed by atoms with Crippen molar-refractivity contribution in [3.05, 3.63) is 41.1 Å². The highest BCUT2D eigenvalue weighted by molar-refractivity contribution is 6.07. The first-order chi connectivity index (χ1) is 9.32. The molecule has 106 valence electrons. The third-order valence-electron chi connectivity index (χ3n) is 2.58. The van der Waals surface area contributed by atoms with Crippen LogP contribution in [0.25, 0.3) is 0 Å². The van der Waals surface area contributed by atoms with E-state index in [4.69, 9.17) is 5.73 Å². The Labute approximate surface area is 110 Å². The average Bonchev–Trinajstić information content (AvgIpc) is 2.73. The maximum atomic E-state index is 13.4. The van der Waals surface area contributed by atoms with E-state index in [9.17, 15) is 22.4 Å². The van der Waals surface area contributed by atoms with Gasteiger partial charge in [0.05, 0.1) is 6.20 Å². The number of anilines is 2. The lowest BCUT2D eigenvalue weighted by Gasteiger charge is -2.08. The molecule has 0 fully saturated rings. The van der Waals surface area contributed by atoms with Crippen molar-refractivity contribution in [2.45, 2.75) is 0 Å². The number of hydrogen-bond donors (Lipinski definition) is 2. The summed E-state index contributed by atoms with van der Waals surface area (Å²) in [6, 6.07) is 0.0404. The smallest absolute Gasteiger partial charge is 0.261 e. The summed E-state index contributed by atoms with van der Waals surface area (Å²) in [5.41, 5.74) is 4.09. The Morgan fingerprint density at radius 3 is 2.25 bits per heavy atom. The van der Waals surface area contributed by atoms with Crippen LogP contribution in [-0.2, 0) is 7.05 Å². The monoisotopic (exact) mass is 288 g/mol. The van der Waals surface area contributed by atoms with E-state index in [0.717, 1.165) is 10.9 Å². The highest BCUT2D eigenvalue weighted by Gasteiger charge is 2.23. The number of amides is 1. The van der Waals surface area contributed by atoms with Gasteiger partial charge in [0.1, 0.15) is 17.1 Å². The molecular weight excluding hydrogens is 280 g/mol. The molecule has 0 aliphatic carbocycles. The molecule has 3 N–H and O–H groups in total. The Bertz CT molecular complexity index is 672. The van der Waals surface area contributed by atoms with Gasteiger partial charge in [-0.2, -0.15) is 5.10 Å². The highest BCUT2D eigenvalue weighted by atomic mass is 19.2. The van der Waals surface area contributed by atoms with Crippen LogP contribution in [0, 0.1) is 23.3 Å². The number of carbonyl (C=O) groups excluding carboxylic acids is 1. The third-order valence-corrected chi connectivity index (χ3v) is 2.58. The van der Waals surface area contributed by atoms with E-state index in [-0.39, 0.29) is 17.4 Å². The number of rotatable bonds is 2. The first kappa shape index (κ1) is 13.8. The number of carbonyl (C=O) groups is 1. The van der Waals surface area contributed by atoms with Crippen LogP contribution in [-0.4, -0.2) is 15.7 Å². The number of nitrogens with zero attached hydrogens (tertiary/aromatic N) is 2. The standard InChI is InChI=1S/C11H8F4N4O/c1-19-10(16)4(3-17-19)11(20)18-9-7(14)5(12)2-6(13)8(9)15/h2-3H,16H2,1H3,(H,18,20). The molecule has 1 amide bonds. The number of nitrogens with one attached hydrogen (secondary N) is 1. The molecule has 2 rings (SSSR count). The molecule has 0 radical (unpaired) electrons. The lowest BCUT2D eigenvalue weighted by molar-refractivity contribution is 0.102. The molecule has 0 atom stereocenters. The zero-order valence-corrected chi connectivity index (χ0v) is 10.0. The van der Waals surface area contributed by atoms with E-state index in [1.807, 2.05) is 0 Å². The first-order valence-electron chi connectivity index (χ1n) is 5.24. The van der Waals surface area contributed by atoms with Crippen molar-refractivity contribution < 1.29 is 22.4 Å². The van der Waals surface area contributed by atoms with Crippen molar-refractivity contribution in [3.8, 4) is 0 Å². The van der Waals surface area contributed by atoms with Gasteiger partial charge in [0.15, 0.2) is 23.3 Å². The Hall–Kier alpha value is -2.58. The van der Waals surface area contributed by atoms with Crippen LogP contribution in [0.1, 0.15) is 10.4 Å². The van der Waals surface area contributed by atoms with E-state index in [2.05, 4.69) is 5.10 Å². The van der Waals surface area contributed by atoms with Gasteiger partial charge in [0.25, 0.3) is 5.91 Å². The predicted octanol–water partition coefficient (Wildman–Crippen LogP) is 1.81. The van der Waals surface area contributed by atoms with E-state index >= 15 is 0 Å². The number of aromatic nitrogens is 2. The van der Waals surface area contributed by atoms with Gasteiger partial charge < -0.3 is 11.1 Å². The minimum atomic E-state index is -1.71. The average molecular weight is 288 g/mol. The first-order valence-corrected chi connectivity index (χ1v) is 5.24. The van der Waals surface area contributed by atoms with Crippen molar-refractivity contribution in [2.24, 2.45) is 7.05 Å². The summed E-state index contributed by atoms with van der Waals surface area (Å²) in [4.78, 5) is 11.8. The van der Waals surface area contributed by atoms with Crippen LogP contribution in [0.15, 0.2) is 12.3 Å². The van der Waals surface area contributed by atoms with Gasteiger partial charge in [-0.05, 0) is 0 Å². The van der Waals surface area contributed by atoms with Crippen LogP contribution in [0.5, 0.6) is 0 Å². The number of aryl methyl sites for hydroxylation is 1. The lowest BCUT2D eigenvalue weighted by Crippen LogP contribution is -2.17. The van der Waals surface area contributed by atoms with Gasteiger partial charge in [-0.15, -0.1) is 0 Å². The van der Waals surface area contributed by atoms with Crippen LogP contribution < -0.4 is 11.1 Å². The second-order valence-corrected chi connectivity index (χ2v) is 3.86. The maximum Gasteiger partial charge on any atom is 0.261 e. The summed E-state index contributed by atoms with van der Waals surface area (Å²) in [6.07, 6.45) is 1.05. The fourth-order valence-corrected chi connectivity index (χ4v) is 1.49. The molecular formula is C11H8F4N4O. The summed E-state index contributed by atoms with van der Waals surface area (Å²) in [5.74, 6) is -7.78. The minimum Gasteiger partial charge on any atom is -0.383 e. The summed E-state index contributed by atoms with van der Waals surface area (Å²) >= 11 is 0. The molecule has 1 aromatic carbocycles. The fourth-order valence-electron chi connectivity index (χ4n) is 1.49. The molecule has 9 heteroatoms. The van der Waals surface area contributed by atoms with E-state index in [1.165, 1.54) is 7.05 Å². The zero-order valence-electron chi connectivity index (χ0n) is 10.0. The molecule has 1 heterocycles. The summed E-state index contributed by atoms with van der Waals surface area (Å²) < 4.78 is 53.9. The van der Waals surface area contributed by atoms with Gasteiger partial charge in [0, 0.05) is 13.1 Å². The van der Waals surface area contributed by atoms with Crippen molar-refractivity contribution in [3.63, 3.8) is 0 Å². The molecule has 0 aliphatic heterocycles. The van der Waals surface area contributed by atoms with Gasteiger partial charge >= 0.3 is 0 Å². The number of halogens is 4. The van der Waals surface area contributed by atoms with Crippen LogP contribution in [0.4, 0.5) is 29.1 Å². The second-order valence-electron chi connectivity index (χ2n) is 3.86. The fraction of sp³-hybridized carbons (Fsp3) is 0.0909. The van der Waals surface area contributed by atoms with Gasteiger partial charge in [-0.1, -0.05) is 0 Å². The van der Waals surface area contributed by atoms with Crippen LogP contribution in [0.3, 0.4) is 0 Å². The van der Waals surface area contributed by atoms with Crippen molar-refractivity contribution in [1.82, 2.24) is 9.78 Å². The molecule has 0 aliphatic rings.